The number of halogens is 3. The number of pyridine rings is 1. The zero-order chi connectivity index (χ0) is 14.9. The van der Waals surface area contributed by atoms with E-state index in [0.717, 1.165) is 29.6 Å². The van der Waals surface area contributed by atoms with Gasteiger partial charge in [0.1, 0.15) is 6.10 Å². The Bertz CT molecular complexity index is 623. The smallest absolute Gasteiger partial charge is 0.384 e. The summed E-state index contributed by atoms with van der Waals surface area (Å²) in [4.78, 5) is 3.69. The third-order valence-electron chi connectivity index (χ3n) is 3.17. The van der Waals surface area contributed by atoms with E-state index in [2.05, 4.69) is 4.98 Å². The predicted molar refractivity (Wildman–Crippen MR) is 69.2 cm³/mol. The van der Waals surface area contributed by atoms with Crippen molar-refractivity contribution < 1.29 is 18.3 Å². The lowest BCUT2D eigenvalue weighted by molar-refractivity contribution is -0.139. The summed E-state index contributed by atoms with van der Waals surface area (Å²) in [6.45, 7) is 3.64. The van der Waals surface area contributed by atoms with Crippen molar-refractivity contribution in [1.82, 2.24) is 4.98 Å². The van der Waals surface area contributed by atoms with Gasteiger partial charge in [-0.05, 0) is 31.0 Å². The van der Waals surface area contributed by atoms with Crippen molar-refractivity contribution in [2.24, 2.45) is 0 Å². The summed E-state index contributed by atoms with van der Waals surface area (Å²) in [6.07, 6.45) is -3.73. The van der Waals surface area contributed by atoms with Gasteiger partial charge in [-0.2, -0.15) is 13.2 Å². The predicted octanol–water partition coefficient (Wildman–Crippen LogP) is 3.80. The highest BCUT2D eigenvalue weighted by Gasteiger charge is 2.35. The van der Waals surface area contributed by atoms with Crippen LogP contribution in [0.5, 0.6) is 0 Å². The van der Waals surface area contributed by atoms with Gasteiger partial charge in [0.25, 0.3) is 0 Å². The second kappa shape index (κ2) is 5.25. The number of aryl methyl sites for hydroxylation is 2. The van der Waals surface area contributed by atoms with Crippen LogP contribution in [0.15, 0.2) is 36.7 Å². The maximum atomic E-state index is 13.0. The summed E-state index contributed by atoms with van der Waals surface area (Å²) in [5, 5.41) is 10.3. The highest BCUT2D eigenvalue weighted by atomic mass is 19.4. The van der Waals surface area contributed by atoms with Gasteiger partial charge in [0, 0.05) is 18.0 Å². The zero-order valence-corrected chi connectivity index (χ0v) is 11.1. The molecule has 1 atom stereocenters. The molecule has 0 aliphatic rings. The molecule has 0 radical (unpaired) electrons. The first-order valence-electron chi connectivity index (χ1n) is 6.07. The molecular formula is C15H14F3NO. The Morgan fingerprint density at radius 2 is 1.80 bits per heavy atom. The molecule has 0 saturated heterocycles. The van der Waals surface area contributed by atoms with Gasteiger partial charge < -0.3 is 5.11 Å². The Balaban J connectivity index is 2.51. The lowest BCUT2D eigenvalue weighted by Crippen LogP contribution is -2.13. The maximum absolute atomic E-state index is 13.0. The van der Waals surface area contributed by atoms with Crippen molar-refractivity contribution in [2.75, 3.05) is 0 Å². The number of hydrogen-bond donors (Lipinski definition) is 1. The van der Waals surface area contributed by atoms with E-state index in [9.17, 15) is 18.3 Å². The van der Waals surface area contributed by atoms with E-state index in [1.807, 2.05) is 13.0 Å². The molecule has 1 aromatic heterocycles. The van der Waals surface area contributed by atoms with Gasteiger partial charge >= 0.3 is 6.18 Å². The monoisotopic (exact) mass is 281 g/mol. The van der Waals surface area contributed by atoms with Crippen LogP contribution in [0.3, 0.4) is 0 Å². The first kappa shape index (κ1) is 14.5. The number of alkyl halides is 3. The molecule has 1 aromatic carbocycles. The molecule has 0 saturated carbocycles. The first-order chi connectivity index (χ1) is 9.30. The number of aromatic nitrogens is 1. The molecule has 1 N–H and O–H groups in total. The van der Waals surface area contributed by atoms with Crippen LogP contribution >= 0.6 is 0 Å². The molecule has 0 spiro atoms. The molecule has 0 amide bonds. The van der Waals surface area contributed by atoms with Crippen molar-refractivity contribution >= 4 is 0 Å². The molecule has 2 rings (SSSR count). The second-order valence-electron chi connectivity index (χ2n) is 4.72. The topological polar surface area (TPSA) is 33.1 Å². The Morgan fingerprint density at radius 1 is 1.10 bits per heavy atom. The van der Waals surface area contributed by atoms with E-state index in [0.29, 0.717) is 5.56 Å². The van der Waals surface area contributed by atoms with Crippen molar-refractivity contribution in [1.29, 1.82) is 0 Å². The summed E-state index contributed by atoms with van der Waals surface area (Å²) < 4.78 is 38.9. The molecule has 5 heteroatoms. The van der Waals surface area contributed by atoms with E-state index >= 15 is 0 Å². The fourth-order valence-corrected chi connectivity index (χ4v) is 2.18. The van der Waals surface area contributed by atoms with E-state index in [4.69, 9.17) is 0 Å². The average Bonchev–Trinajstić information content (AvgIpc) is 2.37. The Labute approximate surface area is 114 Å². The van der Waals surface area contributed by atoms with Crippen LogP contribution in [-0.4, -0.2) is 10.1 Å². The van der Waals surface area contributed by atoms with Crippen LogP contribution in [0.25, 0.3) is 0 Å². The number of aliphatic hydroxyl groups excluding tert-OH is 1. The van der Waals surface area contributed by atoms with Crippen molar-refractivity contribution in [3.05, 3.63) is 64.5 Å². The Kier molecular flexibility index (Phi) is 3.81. The molecule has 106 valence electrons. The van der Waals surface area contributed by atoms with Gasteiger partial charge in [-0.15, -0.1) is 0 Å². The van der Waals surface area contributed by atoms with Crippen molar-refractivity contribution in [2.45, 2.75) is 26.1 Å². The number of hydrogen-bond acceptors (Lipinski definition) is 2. The van der Waals surface area contributed by atoms with Crippen molar-refractivity contribution in [3.8, 4) is 0 Å². The molecule has 0 aliphatic carbocycles. The van der Waals surface area contributed by atoms with Crippen LogP contribution in [0.4, 0.5) is 13.2 Å². The number of nitrogens with zero attached hydrogens (tertiary/aromatic N) is 1. The highest BCUT2D eigenvalue weighted by molar-refractivity contribution is 5.40. The highest BCUT2D eigenvalue weighted by Crippen LogP contribution is 2.36. The quantitative estimate of drug-likeness (QED) is 0.908. The molecule has 1 unspecified atom stereocenters. The van der Waals surface area contributed by atoms with Crippen LogP contribution in [0.1, 0.15) is 33.9 Å². The number of rotatable bonds is 2. The standard InChI is InChI=1S/C15H14F3NO/c1-9-3-4-11(10(2)7-9)14(20)12-8-19-6-5-13(12)15(16,17)18/h3-8,14,20H,1-2H3. The maximum Gasteiger partial charge on any atom is 0.416 e. The minimum Gasteiger partial charge on any atom is -0.384 e. The summed E-state index contributed by atoms with van der Waals surface area (Å²) in [5.41, 5.74) is 1.09. The first-order valence-corrected chi connectivity index (χ1v) is 6.07. The number of benzene rings is 1. The van der Waals surface area contributed by atoms with Crippen LogP contribution in [0, 0.1) is 13.8 Å². The Hall–Kier alpha value is -1.88. The summed E-state index contributed by atoms with van der Waals surface area (Å²) in [5.74, 6) is 0. The minimum absolute atomic E-state index is 0.230. The molecule has 0 bridgehead atoms. The summed E-state index contributed by atoms with van der Waals surface area (Å²) >= 11 is 0. The van der Waals surface area contributed by atoms with Crippen molar-refractivity contribution in [3.63, 3.8) is 0 Å². The third-order valence-corrected chi connectivity index (χ3v) is 3.17. The third kappa shape index (κ3) is 2.82. The fourth-order valence-electron chi connectivity index (χ4n) is 2.18. The molecule has 0 fully saturated rings. The van der Waals surface area contributed by atoms with E-state index in [1.165, 1.54) is 0 Å². The second-order valence-corrected chi connectivity index (χ2v) is 4.72. The SMILES string of the molecule is Cc1ccc(C(O)c2cnccc2C(F)(F)F)c(C)c1. The lowest BCUT2D eigenvalue weighted by atomic mass is 9.94. The molecular weight excluding hydrogens is 267 g/mol. The van der Waals surface area contributed by atoms with Crippen LogP contribution < -0.4 is 0 Å². The minimum atomic E-state index is -4.52. The van der Waals surface area contributed by atoms with Gasteiger partial charge in [0.05, 0.1) is 5.56 Å². The molecule has 0 aliphatic heterocycles. The molecule has 2 aromatic rings. The van der Waals surface area contributed by atoms with Gasteiger partial charge in [-0.1, -0.05) is 23.8 Å². The van der Waals surface area contributed by atoms with Gasteiger partial charge in [-0.3, -0.25) is 4.98 Å². The Morgan fingerprint density at radius 3 is 2.40 bits per heavy atom. The van der Waals surface area contributed by atoms with Crippen LogP contribution in [-0.2, 0) is 6.18 Å². The van der Waals surface area contributed by atoms with E-state index in [-0.39, 0.29) is 5.56 Å². The van der Waals surface area contributed by atoms with E-state index in [1.54, 1.807) is 19.1 Å². The van der Waals surface area contributed by atoms with Gasteiger partial charge in [0.15, 0.2) is 0 Å². The summed E-state index contributed by atoms with van der Waals surface area (Å²) in [7, 11) is 0. The molecule has 20 heavy (non-hydrogen) atoms. The molecule has 2 nitrogen and oxygen atoms in total. The fraction of sp³-hybridized carbons (Fsp3) is 0.267. The van der Waals surface area contributed by atoms with Gasteiger partial charge in [-0.25, -0.2) is 0 Å². The van der Waals surface area contributed by atoms with Gasteiger partial charge in [0.2, 0.25) is 0 Å². The zero-order valence-electron chi connectivity index (χ0n) is 11.1. The van der Waals surface area contributed by atoms with E-state index < -0.39 is 17.8 Å². The molecule has 1 heterocycles. The average molecular weight is 281 g/mol. The normalized spacial score (nSPS) is 13.3. The summed E-state index contributed by atoms with van der Waals surface area (Å²) in [6, 6.07) is 6.10. The largest absolute Gasteiger partial charge is 0.416 e. The van der Waals surface area contributed by atoms with Crippen LogP contribution in [0.2, 0.25) is 0 Å². The lowest BCUT2D eigenvalue weighted by Gasteiger charge is -2.19. The number of aliphatic hydroxyl groups is 1.